The van der Waals surface area contributed by atoms with Crippen molar-refractivity contribution in [1.29, 1.82) is 0 Å². The molecule has 134 valence electrons. The fraction of sp³-hybridized carbons (Fsp3) is 0.238. The third kappa shape index (κ3) is 4.72. The van der Waals surface area contributed by atoms with E-state index >= 15 is 0 Å². The molecule has 3 N–H and O–H groups in total. The van der Waals surface area contributed by atoms with Crippen LogP contribution in [0.1, 0.15) is 22.5 Å². The Morgan fingerprint density at radius 1 is 1.12 bits per heavy atom. The number of benzene rings is 2. The summed E-state index contributed by atoms with van der Waals surface area (Å²) in [6.45, 7) is 5.58. The molecule has 0 atom stereocenters. The van der Waals surface area contributed by atoms with Gasteiger partial charge in [-0.3, -0.25) is 4.99 Å². The van der Waals surface area contributed by atoms with Crippen LogP contribution in [0.15, 0.2) is 65.9 Å². The number of guanidine groups is 1. The molecule has 3 rings (SSSR count). The Bertz CT molecular complexity index is 880. The van der Waals surface area contributed by atoms with Gasteiger partial charge in [-0.2, -0.15) is 0 Å². The Morgan fingerprint density at radius 3 is 2.69 bits per heavy atom. The van der Waals surface area contributed by atoms with Gasteiger partial charge < -0.3 is 15.6 Å². The lowest BCUT2D eigenvalue weighted by molar-refractivity contribution is 0.716. The minimum absolute atomic E-state index is 0.425. The van der Waals surface area contributed by atoms with E-state index in [0.717, 1.165) is 24.5 Å². The van der Waals surface area contributed by atoms with Gasteiger partial charge >= 0.3 is 0 Å². The highest BCUT2D eigenvalue weighted by Gasteiger charge is 2.04. The minimum atomic E-state index is 0.425. The van der Waals surface area contributed by atoms with Gasteiger partial charge in [-0.05, 0) is 42.7 Å². The molecule has 0 radical (unpaired) electrons. The molecule has 0 fully saturated rings. The Balaban J connectivity index is 1.56. The van der Waals surface area contributed by atoms with Gasteiger partial charge in [0.05, 0.1) is 0 Å². The van der Waals surface area contributed by atoms with Gasteiger partial charge in [0.2, 0.25) is 0 Å². The topological polar surface area (TPSA) is 68.2 Å². The largest absolute Gasteiger partial charge is 0.370 e. The van der Waals surface area contributed by atoms with E-state index in [-0.39, 0.29) is 0 Å². The first-order chi connectivity index (χ1) is 12.6. The standard InChI is InChI=1S/C21H25N5/c1-16-8-9-19(14-17(16)2)25-21(22)24-11-10-20-23-12-13-26(20)15-18-6-4-3-5-7-18/h3-9,12-14H,10-11,15H2,1-2H3,(H3,22,24,25). The maximum atomic E-state index is 6.01. The molecule has 0 bridgehead atoms. The second kappa shape index (κ2) is 8.34. The summed E-state index contributed by atoms with van der Waals surface area (Å²) in [5.74, 6) is 1.44. The van der Waals surface area contributed by atoms with Crippen molar-refractivity contribution in [3.8, 4) is 0 Å². The molecule has 0 aliphatic rings. The summed E-state index contributed by atoms with van der Waals surface area (Å²) in [4.78, 5) is 8.87. The number of rotatable bonds is 6. The van der Waals surface area contributed by atoms with E-state index in [0.29, 0.717) is 12.5 Å². The second-order valence-corrected chi connectivity index (χ2v) is 6.40. The molecule has 1 heterocycles. The fourth-order valence-electron chi connectivity index (χ4n) is 2.78. The fourth-order valence-corrected chi connectivity index (χ4v) is 2.78. The van der Waals surface area contributed by atoms with Crippen molar-refractivity contribution >= 4 is 11.6 Å². The van der Waals surface area contributed by atoms with E-state index in [4.69, 9.17) is 5.73 Å². The minimum Gasteiger partial charge on any atom is -0.370 e. The molecular weight excluding hydrogens is 322 g/mol. The highest BCUT2D eigenvalue weighted by atomic mass is 15.1. The lowest BCUT2D eigenvalue weighted by atomic mass is 10.1. The average Bonchev–Trinajstić information content (AvgIpc) is 3.06. The van der Waals surface area contributed by atoms with Gasteiger partial charge in [0.25, 0.3) is 0 Å². The normalized spacial score (nSPS) is 11.5. The van der Waals surface area contributed by atoms with Crippen LogP contribution in [0.4, 0.5) is 5.69 Å². The number of aliphatic imine (C=N–C) groups is 1. The number of anilines is 1. The number of nitrogens with zero attached hydrogens (tertiary/aromatic N) is 3. The summed E-state index contributed by atoms with van der Waals surface area (Å²) >= 11 is 0. The van der Waals surface area contributed by atoms with Gasteiger partial charge in [-0.1, -0.05) is 36.4 Å². The number of imidazole rings is 1. The van der Waals surface area contributed by atoms with Crippen LogP contribution in [0, 0.1) is 13.8 Å². The molecule has 0 saturated heterocycles. The van der Waals surface area contributed by atoms with Crippen molar-refractivity contribution in [1.82, 2.24) is 9.55 Å². The van der Waals surface area contributed by atoms with Crippen molar-refractivity contribution in [2.75, 3.05) is 11.9 Å². The third-order valence-electron chi connectivity index (χ3n) is 4.39. The highest BCUT2D eigenvalue weighted by molar-refractivity contribution is 5.92. The van der Waals surface area contributed by atoms with Crippen LogP contribution in [0.3, 0.4) is 0 Å². The predicted molar refractivity (Wildman–Crippen MR) is 108 cm³/mol. The summed E-state index contributed by atoms with van der Waals surface area (Å²) in [6, 6.07) is 16.5. The van der Waals surface area contributed by atoms with E-state index in [1.54, 1.807) is 0 Å². The second-order valence-electron chi connectivity index (χ2n) is 6.40. The molecule has 0 amide bonds. The molecule has 0 aliphatic heterocycles. The molecule has 0 saturated carbocycles. The molecule has 0 spiro atoms. The lowest BCUT2D eigenvalue weighted by Gasteiger charge is -2.09. The Kier molecular flexibility index (Phi) is 5.69. The Labute approximate surface area is 154 Å². The third-order valence-corrected chi connectivity index (χ3v) is 4.39. The number of aromatic nitrogens is 2. The Morgan fingerprint density at radius 2 is 1.92 bits per heavy atom. The highest BCUT2D eigenvalue weighted by Crippen LogP contribution is 2.13. The smallest absolute Gasteiger partial charge is 0.193 e. The zero-order valence-electron chi connectivity index (χ0n) is 15.3. The summed E-state index contributed by atoms with van der Waals surface area (Å²) in [6.07, 6.45) is 4.58. The molecule has 26 heavy (non-hydrogen) atoms. The van der Waals surface area contributed by atoms with E-state index in [1.807, 2.05) is 24.5 Å². The molecule has 0 aliphatic carbocycles. The zero-order chi connectivity index (χ0) is 18.4. The monoisotopic (exact) mass is 347 g/mol. The van der Waals surface area contributed by atoms with Crippen molar-refractivity contribution in [3.63, 3.8) is 0 Å². The van der Waals surface area contributed by atoms with Gasteiger partial charge in [-0.25, -0.2) is 4.98 Å². The molecular formula is C21H25N5. The number of nitrogens with two attached hydrogens (primary N) is 1. The first kappa shape index (κ1) is 17.7. The molecule has 3 aromatic rings. The van der Waals surface area contributed by atoms with Crippen LogP contribution < -0.4 is 11.1 Å². The van der Waals surface area contributed by atoms with Gasteiger partial charge in [-0.15, -0.1) is 0 Å². The van der Waals surface area contributed by atoms with E-state index < -0.39 is 0 Å². The quantitative estimate of drug-likeness (QED) is 0.529. The van der Waals surface area contributed by atoms with Crippen molar-refractivity contribution in [3.05, 3.63) is 83.4 Å². The van der Waals surface area contributed by atoms with Gasteiger partial charge in [0, 0.05) is 37.6 Å². The molecule has 1 aromatic heterocycles. The molecule has 5 nitrogen and oxygen atoms in total. The van der Waals surface area contributed by atoms with Crippen molar-refractivity contribution in [2.24, 2.45) is 10.7 Å². The van der Waals surface area contributed by atoms with E-state index in [1.165, 1.54) is 16.7 Å². The maximum Gasteiger partial charge on any atom is 0.193 e. The van der Waals surface area contributed by atoms with Gasteiger partial charge in [0.15, 0.2) is 5.96 Å². The summed E-state index contributed by atoms with van der Waals surface area (Å²) in [7, 11) is 0. The summed E-state index contributed by atoms with van der Waals surface area (Å²) in [5.41, 5.74) is 10.7. The van der Waals surface area contributed by atoms with Crippen molar-refractivity contribution in [2.45, 2.75) is 26.8 Å². The number of hydrogen-bond donors (Lipinski definition) is 2. The lowest BCUT2D eigenvalue weighted by Crippen LogP contribution is -2.23. The number of nitrogens with one attached hydrogen (secondary N) is 1. The Hall–Kier alpha value is -3.08. The first-order valence-corrected chi connectivity index (χ1v) is 8.80. The summed E-state index contributed by atoms with van der Waals surface area (Å²) < 4.78 is 2.15. The maximum absolute atomic E-state index is 6.01. The molecule has 0 unspecified atom stereocenters. The van der Waals surface area contributed by atoms with E-state index in [9.17, 15) is 0 Å². The summed E-state index contributed by atoms with van der Waals surface area (Å²) in [5, 5.41) is 3.15. The zero-order valence-corrected chi connectivity index (χ0v) is 15.3. The van der Waals surface area contributed by atoms with E-state index in [2.05, 4.69) is 70.1 Å². The van der Waals surface area contributed by atoms with Crippen LogP contribution in [-0.2, 0) is 13.0 Å². The van der Waals surface area contributed by atoms with Gasteiger partial charge in [0.1, 0.15) is 5.82 Å². The van der Waals surface area contributed by atoms with Crippen LogP contribution >= 0.6 is 0 Å². The predicted octanol–water partition coefficient (Wildman–Crippen LogP) is 3.52. The molecule has 2 aromatic carbocycles. The van der Waals surface area contributed by atoms with Crippen LogP contribution in [0.25, 0.3) is 0 Å². The SMILES string of the molecule is Cc1ccc(NC(N)=NCCc2nccn2Cc2ccccc2)cc1C. The number of hydrogen-bond acceptors (Lipinski definition) is 2. The van der Waals surface area contributed by atoms with Crippen LogP contribution in [-0.4, -0.2) is 22.1 Å². The number of aryl methyl sites for hydroxylation is 2. The average molecular weight is 347 g/mol. The molecule has 5 heteroatoms. The van der Waals surface area contributed by atoms with Crippen molar-refractivity contribution < 1.29 is 0 Å². The van der Waals surface area contributed by atoms with Crippen LogP contribution in [0.2, 0.25) is 0 Å². The van der Waals surface area contributed by atoms with Crippen LogP contribution in [0.5, 0.6) is 0 Å². The first-order valence-electron chi connectivity index (χ1n) is 8.80.